The summed E-state index contributed by atoms with van der Waals surface area (Å²) in [7, 11) is 0. The Bertz CT molecular complexity index is 812. The van der Waals surface area contributed by atoms with E-state index in [4.69, 9.17) is 0 Å². The molecule has 1 aromatic carbocycles. The number of non-ortho nitro benzene ring substituents is 1. The number of aromatic nitrogens is 4. The largest absolute Gasteiger partial charge is 0.287 e. The van der Waals surface area contributed by atoms with Crippen LogP contribution in [-0.4, -0.2) is 24.4 Å². The van der Waals surface area contributed by atoms with Crippen molar-refractivity contribution in [3.63, 3.8) is 0 Å². The summed E-state index contributed by atoms with van der Waals surface area (Å²) in [6, 6.07) is 4.58. The molecule has 0 radical (unpaired) electrons. The Morgan fingerprint density at radius 1 is 1.29 bits per heavy atom. The number of imidazole rings is 1. The molecule has 0 saturated heterocycles. The Hall–Kier alpha value is -2.83. The van der Waals surface area contributed by atoms with Gasteiger partial charge in [-0.1, -0.05) is 6.92 Å². The van der Waals surface area contributed by atoms with Gasteiger partial charge in [0, 0.05) is 30.9 Å². The van der Waals surface area contributed by atoms with Crippen LogP contribution < -0.4 is 0 Å². The van der Waals surface area contributed by atoms with E-state index in [1.54, 1.807) is 12.3 Å². The maximum Gasteiger partial charge on any atom is 0.270 e. The van der Waals surface area contributed by atoms with Crippen LogP contribution in [0.2, 0.25) is 0 Å². The van der Waals surface area contributed by atoms with Gasteiger partial charge in [-0.2, -0.15) is 0 Å². The molecule has 0 aliphatic heterocycles. The van der Waals surface area contributed by atoms with Gasteiger partial charge in [0.05, 0.1) is 15.8 Å². The van der Waals surface area contributed by atoms with E-state index in [0.29, 0.717) is 16.7 Å². The van der Waals surface area contributed by atoms with E-state index in [9.17, 15) is 10.1 Å². The van der Waals surface area contributed by atoms with Crippen molar-refractivity contribution in [1.82, 2.24) is 19.5 Å². The van der Waals surface area contributed by atoms with Crippen LogP contribution in [0.4, 0.5) is 5.69 Å². The van der Waals surface area contributed by atoms with Crippen LogP contribution in [-0.2, 0) is 6.42 Å². The number of rotatable bonds is 4. The molecule has 0 fully saturated rings. The molecule has 21 heavy (non-hydrogen) atoms. The third-order valence-corrected chi connectivity index (χ3v) is 3.23. The van der Waals surface area contributed by atoms with E-state index in [-0.39, 0.29) is 5.69 Å². The topological polar surface area (TPSA) is 86.7 Å². The standard InChI is InChI=1S/C14H13N5O2/c1-2-3-13-15-6-7-18(13)14-11-8-10(19(20)21)4-5-12(11)16-9-17-14/h4-9H,2-3H2,1H3. The smallest absolute Gasteiger partial charge is 0.270 e. The fourth-order valence-corrected chi connectivity index (χ4v) is 2.27. The molecule has 0 bridgehead atoms. The van der Waals surface area contributed by atoms with Gasteiger partial charge in [-0.3, -0.25) is 14.7 Å². The van der Waals surface area contributed by atoms with E-state index >= 15 is 0 Å². The molecule has 2 heterocycles. The zero-order valence-corrected chi connectivity index (χ0v) is 11.4. The highest BCUT2D eigenvalue weighted by molar-refractivity contribution is 5.87. The lowest BCUT2D eigenvalue weighted by Crippen LogP contribution is -2.04. The van der Waals surface area contributed by atoms with Crippen molar-refractivity contribution < 1.29 is 4.92 Å². The van der Waals surface area contributed by atoms with E-state index in [1.165, 1.54) is 18.5 Å². The number of hydrogen-bond donors (Lipinski definition) is 0. The Labute approximate surface area is 120 Å². The first-order valence-corrected chi connectivity index (χ1v) is 6.62. The molecule has 0 unspecified atom stereocenters. The minimum absolute atomic E-state index is 0.0238. The lowest BCUT2D eigenvalue weighted by atomic mass is 10.2. The number of nitro groups is 1. The third kappa shape index (κ3) is 2.33. The molecule has 2 aromatic heterocycles. The molecule has 3 aromatic rings. The molecule has 3 rings (SSSR count). The second kappa shape index (κ2) is 5.28. The summed E-state index contributed by atoms with van der Waals surface area (Å²) < 4.78 is 1.86. The lowest BCUT2D eigenvalue weighted by molar-refractivity contribution is -0.384. The van der Waals surface area contributed by atoms with E-state index in [2.05, 4.69) is 21.9 Å². The van der Waals surface area contributed by atoms with Gasteiger partial charge < -0.3 is 0 Å². The van der Waals surface area contributed by atoms with Gasteiger partial charge in [-0.05, 0) is 12.5 Å². The summed E-state index contributed by atoms with van der Waals surface area (Å²) in [6.07, 6.45) is 6.74. The van der Waals surface area contributed by atoms with Crippen LogP contribution in [0.3, 0.4) is 0 Å². The number of nitro benzene ring substituents is 1. The fraction of sp³-hybridized carbons (Fsp3) is 0.214. The van der Waals surface area contributed by atoms with Crippen LogP contribution in [0.5, 0.6) is 0 Å². The van der Waals surface area contributed by atoms with Gasteiger partial charge >= 0.3 is 0 Å². The van der Waals surface area contributed by atoms with Gasteiger partial charge in [-0.25, -0.2) is 15.0 Å². The highest BCUT2D eigenvalue weighted by Crippen LogP contribution is 2.24. The van der Waals surface area contributed by atoms with Crippen LogP contribution in [0.15, 0.2) is 36.9 Å². The Morgan fingerprint density at radius 2 is 2.14 bits per heavy atom. The fourth-order valence-electron chi connectivity index (χ4n) is 2.27. The van der Waals surface area contributed by atoms with E-state index < -0.39 is 4.92 Å². The number of aryl methyl sites for hydroxylation is 1. The molecule has 7 nitrogen and oxygen atoms in total. The summed E-state index contributed by atoms with van der Waals surface area (Å²) in [4.78, 5) is 23.3. The maximum absolute atomic E-state index is 11.0. The first-order chi connectivity index (χ1) is 10.2. The van der Waals surface area contributed by atoms with Gasteiger partial charge in [0.15, 0.2) is 0 Å². The first kappa shape index (κ1) is 13.2. The molecule has 0 aliphatic carbocycles. The molecule has 0 saturated carbocycles. The highest BCUT2D eigenvalue weighted by Gasteiger charge is 2.13. The van der Waals surface area contributed by atoms with Crippen LogP contribution >= 0.6 is 0 Å². The molecular formula is C14H13N5O2. The molecule has 0 spiro atoms. The summed E-state index contributed by atoms with van der Waals surface area (Å²) in [5.74, 6) is 1.49. The average molecular weight is 283 g/mol. The second-order valence-electron chi connectivity index (χ2n) is 4.62. The molecular weight excluding hydrogens is 270 g/mol. The Morgan fingerprint density at radius 3 is 2.90 bits per heavy atom. The predicted octanol–water partition coefficient (Wildman–Crippen LogP) is 2.68. The van der Waals surface area contributed by atoms with Gasteiger partial charge in [0.25, 0.3) is 5.69 Å². The van der Waals surface area contributed by atoms with Crippen LogP contribution in [0.1, 0.15) is 19.2 Å². The van der Waals surface area contributed by atoms with Crippen molar-refractivity contribution in [2.24, 2.45) is 0 Å². The Kier molecular flexibility index (Phi) is 3.31. The molecule has 0 atom stereocenters. The van der Waals surface area contributed by atoms with Crippen LogP contribution in [0, 0.1) is 10.1 Å². The third-order valence-electron chi connectivity index (χ3n) is 3.23. The van der Waals surface area contributed by atoms with Crippen molar-refractivity contribution >= 4 is 16.6 Å². The molecule has 0 aliphatic rings. The molecule has 7 heteroatoms. The molecule has 0 N–H and O–H groups in total. The lowest BCUT2D eigenvalue weighted by Gasteiger charge is -2.08. The van der Waals surface area contributed by atoms with E-state index in [1.807, 2.05) is 10.8 Å². The van der Waals surface area contributed by atoms with Crippen molar-refractivity contribution in [2.45, 2.75) is 19.8 Å². The second-order valence-corrected chi connectivity index (χ2v) is 4.62. The normalized spacial score (nSPS) is 10.9. The van der Waals surface area contributed by atoms with Crippen molar-refractivity contribution in [3.05, 3.63) is 52.9 Å². The maximum atomic E-state index is 11.0. The van der Waals surface area contributed by atoms with Gasteiger partial charge in [-0.15, -0.1) is 0 Å². The van der Waals surface area contributed by atoms with Crippen molar-refractivity contribution in [2.75, 3.05) is 0 Å². The van der Waals surface area contributed by atoms with Crippen LogP contribution in [0.25, 0.3) is 16.7 Å². The number of fused-ring (bicyclic) bond motifs is 1. The quantitative estimate of drug-likeness (QED) is 0.542. The predicted molar refractivity (Wildman–Crippen MR) is 77.3 cm³/mol. The molecule has 0 amide bonds. The number of nitrogens with zero attached hydrogens (tertiary/aromatic N) is 5. The monoisotopic (exact) mass is 283 g/mol. The summed E-state index contributed by atoms with van der Waals surface area (Å²) in [6.45, 7) is 2.07. The number of benzene rings is 1. The van der Waals surface area contributed by atoms with E-state index in [0.717, 1.165) is 18.7 Å². The average Bonchev–Trinajstić information content (AvgIpc) is 2.94. The van der Waals surface area contributed by atoms with Gasteiger partial charge in [0.2, 0.25) is 0 Å². The molecule has 106 valence electrons. The minimum atomic E-state index is -0.420. The van der Waals surface area contributed by atoms with Gasteiger partial charge in [0.1, 0.15) is 18.0 Å². The SMILES string of the molecule is CCCc1nccn1-c1ncnc2ccc([N+](=O)[O-])cc12. The first-order valence-electron chi connectivity index (χ1n) is 6.62. The number of hydrogen-bond acceptors (Lipinski definition) is 5. The summed E-state index contributed by atoms with van der Waals surface area (Å²) in [5.41, 5.74) is 0.692. The van der Waals surface area contributed by atoms with Crippen molar-refractivity contribution in [1.29, 1.82) is 0 Å². The zero-order valence-electron chi connectivity index (χ0n) is 11.4. The summed E-state index contributed by atoms with van der Waals surface area (Å²) in [5, 5.41) is 11.6. The van der Waals surface area contributed by atoms with Crippen molar-refractivity contribution in [3.8, 4) is 5.82 Å². The summed E-state index contributed by atoms with van der Waals surface area (Å²) >= 11 is 0. The zero-order chi connectivity index (χ0) is 14.8. The Balaban J connectivity index is 2.24. The minimum Gasteiger partial charge on any atom is -0.287 e. The highest BCUT2D eigenvalue weighted by atomic mass is 16.6.